The molecule has 122 valence electrons. The molecule has 1 fully saturated rings. The number of fused-ring (bicyclic) bond motifs is 1. The van der Waals surface area contributed by atoms with Gasteiger partial charge in [0.05, 0.1) is 6.04 Å². The molecule has 0 bridgehead atoms. The summed E-state index contributed by atoms with van der Waals surface area (Å²) in [5, 5.41) is 4.68. The molecule has 0 radical (unpaired) electrons. The maximum atomic E-state index is 6.03. The molecule has 3 aromatic rings. The normalized spacial score (nSPS) is 19.6. The summed E-state index contributed by atoms with van der Waals surface area (Å²) in [5.41, 5.74) is 2.57. The molecule has 3 nitrogen and oxygen atoms in total. The lowest BCUT2D eigenvalue weighted by molar-refractivity contribution is -0.256. The van der Waals surface area contributed by atoms with Crippen LogP contribution in [0, 0.1) is 0 Å². The largest absolute Gasteiger partial charge is 0.282 e. The van der Waals surface area contributed by atoms with Crippen molar-refractivity contribution in [2.24, 2.45) is 0 Å². The smallest absolute Gasteiger partial charge is 0.121 e. The SMILES string of the molecule is CN1CON(Cc2ccccc2)C(c2ccc3ccccc3c2)C1. The summed E-state index contributed by atoms with van der Waals surface area (Å²) in [7, 11) is 2.11. The fourth-order valence-corrected chi connectivity index (χ4v) is 3.31. The van der Waals surface area contributed by atoms with Crippen LogP contribution in [-0.2, 0) is 11.4 Å². The highest BCUT2D eigenvalue weighted by atomic mass is 16.7. The number of hydroxylamine groups is 2. The molecule has 0 N–H and O–H groups in total. The molecule has 3 heteroatoms. The first-order valence-corrected chi connectivity index (χ1v) is 8.40. The summed E-state index contributed by atoms with van der Waals surface area (Å²) in [6, 6.07) is 26.0. The van der Waals surface area contributed by atoms with E-state index < -0.39 is 0 Å². The molecule has 3 aromatic carbocycles. The fraction of sp³-hybridized carbons (Fsp3) is 0.238. The zero-order valence-corrected chi connectivity index (χ0v) is 13.9. The number of nitrogens with zero attached hydrogens (tertiary/aromatic N) is 2. The lowest BCUT2D eigenvalue weighted by Crippen LogP contribution is -2.44. The van der Waals surface area contributed by atoms with Crippen LogP contribution in [0.5, 0.6) is 0 Å². The lowest BCUT2D eigenvalue weighted by atomic mass is 10.0. The van der Waals surface area contributed by atoms with Gasteiger partial charge in [-0.15, -0.1) is 0 Å². The molecule has 1 aliphatic rings. The highest BCUT2D eigenvalue weighted by Crippen LogP contribution is 2.29. The molecule has 0 spiro atoms. The third kappa shape index (κ3) is 3.20. The minimum absolute atomic E-state index is 0.230. The maximum Gasteiger partial charge on any atom is 0.121 e. The van der Waals surface area contributed by atoms with Crippen molar-refractivity contribution in [2.75, 3.05) is 20.3 Å². The van der Waals surface area contributed by atoms with E-state index in [4.69, 9.17) is 4.84 Å². The van der Waals surface area contributed by atoms with Crippen LogP contribution in [0.2, 0.25) is 0 Å². The van der Waals surface area contributed by atoms with Gasteiger partial charge in [0, 0.05) is 13.1 Å². The first kappa shape index (κ1) is 15.3. The van der Waals surface area contributed by atoms with E-state index in [1.807, 2.05) is 0 Å². The van der Waals surface area contributed by atoms with Gasteiger partial charge in [-0.25, -0.2) is 0 Å². The van der Waals surface area contributed by atoms with Crippen LogP contribution >= 0.6 is 0 Å². The molecule has 4 rings (SSSR count). The second-order valence-corrected chi connectivity index (χ2v) is 6.48. The minimum atomic E-state index is 0.230. The van der Waals surface area contributed by atoms with Gasteiger partial charge in [0.25, 0.3) is 0 Å². The molecule has 1 heterocycles. The van der Waals surface area contributed by atoms with Gasteiger partial charge < -0.3 is 0 Å². The number of hydrogen-bond acceptors (Lipinski definition) is 3. The Hall–Kier alpha value is -2.20. The highest BCUT2D eigenvalue weighted by molar-refractivity contribution is 5.83. The van der Waals surface area contributed by atoms with Gasteiger partial charge in [0.1, 0.15) is 6.73 Å². The third-order valence-corrected chi connectivity index (χ3v) is 4.62. The zero-order chi connectivity index (χ0) is 16.4. The monoisotopic (exact) mass is 318 g/mol. The second-order valence-electron chi connectivity index (χ2n) is 6.48. The zero-order valence-electron chi connectivity index (χ0n) is 13.9. The summed E-state index contributed by atoms with van der Waals surface area (Å²) in [5.74, 6) is 0. The Morgan fingerprint density at radius 3 is 2.50 bits per heavy atom. The van der Waals surface area contributed by atoms with E-state index in [9.17, 15) is 0 Å². The van der Waals surface area contributed by atoms with Crippen LogP contribution in [0.1, 0.15) is 17.2 Å². The molecular formula is C21H22N2O. The van der Waals surface area contributed by atoms with Gasteiger partial charge in [0.15, 0.2) is 0 Å². The number of hydrogen-bond donors (Lipinski definition) is 0. The Morgan fingerprint density at radius 2 is 1.67 bits per heavy atom. The predicted octanol–water partition coefficient (Wildman–Crippen LogP) is 4.22. The van der Waals surface area contributed by atoms with E-state index in [0.29, 0.717) is 6.73 Å². The molecule has 1 unspecified atom stereocenters. The first-order valence-electron chi connectivity index (χ1n) is 8.40. The van der Waals surface area contributed by atoms with Gasteiger partial charge >= 0.3 is 0 Å². The van der Waals surface area contributed by atoms with E-state index in [-0.39, 0.29) is 6.04 Å². The van der Waals surface area contributed by atoms with Crippen molar-refractivity contribution in [3.8, 4) is 0 Å². The van der Waals surface area contributed by atoms with Crippen LogP contribution in [0.4, 0.5) is 0 Å². The standard InChI is InChI=1S/C21H22N2O/c1-22-15-21(20-12-11-18-9-5-6-10-19(18)13-20)23(24-16-22)14-17-7-3-2-4-8-17/h2-13,21H,14-16H2,1H3. The summed E-state index contributed by atoms with van der Waals surface area (Å²) >= 11 is 0. The predicted molar refractivity (Wildman–Crippen MR) is 97.3 cm³/mol. The number of benzene rings is 3. The van der Waals surface area contributed by atoms with Crippen molar-refractivity contribution in [1.29, 1.82) is 0 Å². The van der Waals surface area contributed by atoms with Crippen molar-refractivity contribution in [3.63, 3.8) is 0 Å². The highest BCUT2D eigenvalue weighted by Gasteiger charge is 2.28. The first-order chi connectivity index (χ1) is 11.8. The average Bonchev–Trinajstić information content (AvgIpc) is 2.64. The summed E-state index contributed by atoms with van der Waals surface area (Å²) in [6.07, 6.45) is 0. The molecule has 0 saturated carbocycles. The van der Waals surface area contributed by atoms with E-state index >= 15 is 0 Å². The quantitative estimate of drug-likeness (QED) is 0.719. The lowest BCUT2D eigenvalue weighted by Gasteiger charge is -2.39. The Balaban J connectivity index is 1.65. The maximum absolute atomic E-state index is 6.03. The van der Waals surface area contributed by atoms with Crippen LogP contribution in [0.25, 0.3) is 10.8 Å². The Bertz CT molecular complexity index is 818. The molecule has 0 aromatic heterocycles. The second kappa shape index (κ2) is 6.73. The van der Waals surface area contributed by atoms with Crippen LogP contribution < -0.4 is 0 Å². The van der Waals surface area contributed by atoms with Gasteiger partial charge in [-0.1, -0.05) is 66.7 Å². The van der Waals surface area contributed by atoms with E-state index in [0.717, 1.165) is 13.1 Å². The minimum Gasteiger partial charge on any atom is -0.282 e. The topological polar surface area (TPSA) is 15.7 Å². The molecule has 0 aliphatic carbocycles. The summed E-state index contributed by atoms with van der Waals surface area (Å²) < 4.78 is 0. The molecule has 1 saturated heterocycles. The molecular weight excluding hydrogens is 296 g/mol. The number of likely N-dealkylation sites (N-methyl/N-ethyl adjacent to an activating group) is 1. The molecule has 1 atom stereocenters. The van der Waals surface area contributed by atoms with E-state index in [2.05, 4.69) is 89.8 Å². The number of rotatable bonds is 3. The molecule has 0 amide bonds. The van der Waals surface area contributed by atoms with Gasteiger partial charge in [-0.05, 0) is 35.0 Å². The van der Waals surface area contributed by atoms with E-state index in [1.54, 1.807) is 0 Å². The van der Waals surface area contributed by atoms with Crippen LogP contribution in [0.15, 0.2) is 72.8 Å². The van der Waals surface area contributed by atoms with Gasteiger partial charge in [-0.3, -0.25) is 9.74 Å². The van der Waals surface area contributed by atoms with Crippen LogP contribution in [-0.4, -0.2) is 30.3 Å². The molecule has 1 aliphatic heterocycles. The van der Waals surface area contributed by atoms with Crippen LogP contribution in [0.3, 0.4) is 0 Å². The van der Waals surface area contributed by atoms with E-state index in [1.165, 1.54) is 21.9 Å². The summed E-state index contributed by atoms with van der Waals surface area (Å²) in [6.45, 7) is 2.40. The van der Waals surface area contributed by atoms with Crippen molar-refractivity contribution in [3.05, 3.63) is 83.9 Å². The van der Waals surface area contributed by atoms with Crippen molar-refractivity contribution in [2.45, 2.75) is 12.6 Å². The van der Waals surface area contributed by atoms with Crippen molar-refractivity contribution < 1.29 is 4.84 Å². The average molecular weight is 318 g/mol. The fourth-order valence-electron chi connectivity index (χ4n) is 3.31. The Kier molecular flexibility index (Phi) is 4.30. The third-order valence-electron chi connectivity index (χ3n) is 4.62. The van der Waals surface area contributed by atoms with Crippen molar-refractivity contribution >= 4 is 10.8 Å². The summed E-state index contributed by atoms with van der Waals surface area (Å²) in [4.78, 5) is 8.26. The Morgan fingerprint density at radius 1 is 0.917 bits per heavy atom. The van der Waals surface area contributed by atoms with Crippen molar-refractivity contribution in [1.82, 2.24) is 9.96 Å². The molecule has 24 heavy (non-hydrogen) atoms. The van der Waals surface area contributed by atoms with Gasteiger partial charge in [0.2, 0.25) is 0 Å². The van der Waals surface area contributed by atoms with Gasteiger partial charge in [-0.2, -0.15) is 5.06 Å². The Labute approximate surface area is 143 Å².